The van der Waals surface area contributed by atoms with Crippen LogP contribution in [-0.2, 0) is 6.54 Å². The van der Waals surface area contributed by atoms with E-state index in [0.717, 1.165) is 16.9 Å². The summed E-state index contributed by atoms with van der Waals surface area (Å²) in [5.74, 6) is 1.40. The minimum absolute atomic E-state index is 0.305. The van der Waals surface area contributed by atoms with Crippen LogP contribution in [0, 0.1) is 6.92 Å². The minimum Gasteiger partial charge on any atom is -0.495 e. The first-order valence-corrected chi connectivity index (χ1v) is 7.78. The van der Waals surface area contributed by atoms with Gasteiger partial charge in [0.2, 0.25) is 0 Å². The molecule has 0 aliphatic carbocycles. The lowest BCUT2D eigenvalue weighted by atomic mass is 10.2. The molecule has 0 radical (unpaired) electrons. The molecule has 7 nitrogen and oxygen atoms in total. The van der Waals surface area contributed by atoms with Crippen molar-refractivity contribution < 1.29 is 9.53 Å². The number of nitrogens with zero attached hydrogens (tertiary/aromatic N) is 3. The van der Waals surface area contributed by atoms with E-state index in [1.807, 2.05) is 48.0 Å². The average molecular weight is 337 g/mol. The molecule has 0 unspecified atom stereocenters. The number of benzene rings is 1. The monoisotopic (exact) mass is 337 g/mol. The predicted octanol–water partition coefficient (Wildman–Crippen LogP) is 2.91. The van der Waals surface area contributed by atoms with E-state index in [0.29, 0.717) is 18.0 Å². The Morgan fingerprint density at radius 1 is 1.28 bits per heavy atom. The van der Waals surface area contributed by atoms with Crippen molar-refractivity contribution in [2.45, 2.75) is 13.5 Å². The van der Waals surface area contributed by atoms with Crippen molar-refractivity contribution in [2.75, 3.05) is 12.4 Å². The Balaban J connectivity index is 1.57. The van der Waals surface area contributed by atoms with Crippen molar-refractivity contribution >= 4 is 11.7 Å². The predicted molar refractivity (Wildman–Crippen MR) is 94.9 cm³/mol. The fourth-order valence-corrected chi connectivity index (χ4v) is 2.32. The van der Waals surface area contributed by atoms with Crippen LogP contribution in [0.2, 0.25) is 0 Å². The van der Waals surface area contributed by atoms with Gasteiger partial charge < -0.3 is 15.4 Å². The van der Waals surface area contributed by atoms with Gasteiger partial charge in [0, 0.05) is 25.1 Å². The Hall–Kier alpha value is -3.35. The van der Waals surface area contributed by atoms with E-state index in [9.17, 15) is 4.79 Å². The Morgan fingerprint density at radius 2 is 2.16 bits per heavy atom. The lowest BCUT2D eigenvalue weighted by Gasteiger charge is -2.12. The number of urea groups is 1. The van der Waals surface area contributed by atoms with Crippen molar-refractivity contribution in [3.63, 3.8) is 0 Å². The number of imidazole rings is 1. The van der Waals surface area contributed by atoms with E-state index in [4.69, 9.17) is 4.74 Å². The van der Waals surface area contributed by atoms with Crippen molar-refractivity contribution in [1.29, 1.82) is 0 Å². The summed E-state index contributed by atoms with van der Waals surface area (Å²) in [5.41, 5.74) is 2.58. The number of nitrogens with one attached hydrogen (secondary N) is 2. The normalized spacial score (nSPS) is 10.3. The van der Waals surface area contributed by atoms with E-state index in [1.165, 1.54) is 0 Å². The number of anilines is 1. The lowest BCUT2D eigenvalue weighted by molar-refractivity contribution is 0.251. The second kappa shape index (κ2) is 7.48. The first-order valence-electron chi connectivity index (χ1n) is 7.78. The molecule has 0 saturated carbocycles. The second-order valence-electron chi connectivity index (χ2n) is 5.51. The van der Waals surface area contributed by atoms with Crippen LogP contribution in [0.15, 0.2) is 55.2 Å². The molecule has 25 heavy (non-hydrogen) atoms. The summed E-state index contributed by atoms with van der Waals surface area (Å²) < 4.78 is 7.09. The Kier molecular flexibility index (Phi) is 4.94. The van der Waals surface area contributed by atoms with Crippen LogP contribution >= 0.6 is 0 Å². The van der Waals surface area contributed by atoms with Gasteiger partial charge >= 0.3 is 6.03 Å². The Morgan fingerprint density at radius 3 is 2.84 bits per heavy atom. The molecule has 3 aromatic rings. The molecule has 0 spiro atoms. The van der Waals surface area contributed by atoms with Gasteiger partial charge in [-0.25, -0.2) is 14.8 Å². The molecule has 0 fully saturated rings. The van der Waals surface area contributed by atoms with Crippen LogP contribution < -0.4 is 15.4 Å². The molecule has 0 aliphatic heterocycles. The molecular weight excluding hydrogens is 318 g/mol. The first-order chi connectivity index (χ1) is 12.2. The Labute approximate surface area is 145 Å². The maximum absolute atomic E-state index is 12.1. The van der Waals surface area contributed by atoms with E-state index in [2.05, 4.69) is 20.6 Å². The molecular formula is C18H19N5O2. The SMILES string of the molecule is COc1cc(C)ccc1NC(=O)NCc1ccc(-n2ccnc2)nc1. The standard InChI is InChI=1S/C18H19N5O2/c1-13-3-5-15(16(9-13)25-2)22-18(24)21-11-14-4-6-17(20-10-14)23-8-7-19-12-23/h3-10,12H,11H2,1-2H3,(H2,21,22,24). The molecule has 0 saturated heterocycles. The zero-order valence-corrected chi connectivity index (χ0v) is 14.1. The fraction of sp³-hybridized carbons (Fsp3) is 0.167. The van der Waals surface area contributed by atoms with Crippen molar-refractivity contribution in [3.05, 3.63) is 66.4 Å². The van der Waals surface area contributed by atoms with Crippen LogP contribution in [0.4, 0.5) is 10.5 Å². The highest BCUT2D eigenvalue weighted by molar-refractivity contribution is 5.90. The van der Waals surface area contributed by atoms with Gasteiger partial charge in [0.25, 0.3) is 0 Å². The van der Waals surface area contributed by atoms with Gasteiger partial charge in [0.05, 0.1) is 12.8 Å². The maximum Gasteiger partial charge on any atom is 0.319 e. The number of aryl methyl sites for hydroxylation is 1. The molecule has 7 heteroatoms. The first kappa shape index (κ1) is 16.5. The van der Waals surface area contributed by atoms with Gasteiger partial charge in [0.15, 0.2) is 0 Å². The molecule has 0 bridgehead atoms. The molecule has 2 N–H and O–H groups in total. The van der Waals surface area contributed by atoms with Gasteiger partial charge in [-0.3, -0.25) is 4.57 Å². The summed E-state index contributed by atoms with van der Waals surface area (Å²) in [4.78, 5) is 20.4. The number of carbonyl (C=O) groups is 1. The molecule has 0 atom stereocenters. The number of amides is 2. The van der Waals surface area contributed by atoms with Gasteiger partial charge in [-0.2, -0.15) is 0 Å². The van der Waals surface area contributed by atoms with Crippen LogP contribution in [0.1, 0.15) is 11.1 Å². The number of ether oxygens (including phenoxy) is 1. The third-order valence-corrected chi connectivity index (χ3v) is 3.64. The topological polar surface area (TPSA) is 81.1 Å². The quantitative estimate of drug-likeness (QED) is 0.750. The van der Waals surface area contributed by atoms with Crippen LogP contribution in [0.25, 0.3) is 5.82 Å². The third kappa shape index (κ3) is 4.14. The smallest absolute Gasteiger partial charge is 0.319 e. The highest BCUT2D eigenvalue weighted by atomic mass is 16.5. The summed E-state index contributed by atoms with van der Waals surface area (Å²) in [7, 11) is 1.57. The number of carbonyl (C=O) groups excluding carboxylic acids is 1. The zero-order chi connectivity index (χ0) is 17.6. The third-order valence-electron chi connectivity index (χ3n) is 3.64. The van der Waals surface area contributed by atoms with Gasteiger partial charge in [-0.05, 0) is 36.2 Å². The summed E-state index contributed by atoms with van der Waals surface area (Å²) in [6.07, 6.45) is 6.92. The number of hydrogen-bond donors (Lipinski definition) is 2. The maximum atomic E-state index is 12.1. The fourth-order valence-electron chi connectivity index (χ4n) is 2.32. The van der Waals surface area contributed by atoms with Gasteiger partial charge in [-0.15, -0.1) is 0 Å². The highest BCUT2D eigenvalue weighted by Gasteiger charge is 2.07. The van der Waals surface area contributed by atoms with Crippen molar-refractivity contribution in [2.24, 2.45) is 0 Å². The average Bonchev–Trinajstić information content (AvgIpc) is 3.16. The summed E-state index contributed by atoms with van der Waals surface area (Å²) in [5, 5.41) is 5.59. The molecule has 2 amide bonds. The van der Waals surface area contributed by atoms with Crippen LogP contribution in [-0.4, -0.2) is 27.7 Å². The summed E-state index contributed by atoms with van der Waals surface area (Å²) >= 11 is 0. The van der Waals surface area contributed by atoms with Gasteiger partial charge in [-0.1, -0.05) is 12.1 Å². The van der Waals surface area contributed by atoms with Crippen LogP contribution in [0.5, 0.6) is 5.75 Å². The molecule has 2 aromatic heterocycles. The Bertz CT molecular complexity index is 844. The number of methoxy groups -OCH3 is 1. The lowest BCUT2D eigenvalue weighted by Crippen LogP contribution is -2.28. The highest BCUT2D eigenvalue weighted by Crippen LogP contribution is 2.25. The van der Waals surface area contributed by atoms with Gasteiger partial charge in [0.1, 0.15) is 17.9 Å². The molecule has 128 valence electrons. The second-order valence-corrected chi connectivity index (χ2v) is 5.51. The van der Waals surface area contributed by atoms with Crippen molar-refractivity contribution in [3.8, 4) is 11.6 Å². The molecule has 0 aliphatic rings. The van der Waals surface area contributed by atoms with E-state index in [-0.39, 0.29) is 6.03 Å². The van der Waals surface area contributed by atoms with E-state index in [1.54, 1.807) is 25.8 Å². The minimum atomic E-state index is -0.305. The molecule has 3 rings (SSSR count). The zero-order valence-electron chi connectivity index (χ0n) is 14.1. The van der Waals surface area contributed by atoms with Crippen molar-refractivity contribution in [1.82, 2.24) is 19.9 Å². The number of aromatic nitrogens is 3. The number of pyridine rings is 1. The number of rotatable bonds is 5. The van der Waals surface area contributed by atoms with E-state index >= 15 is 0 Å². The van der Waals surface area contributed by atoms with E-state index < -0.39 is 0 Å². The number of hydrogen-bond acceptors (Lipinski definition) is 4. The largest absolute Gasteiger partial charge is 0.495 e. The molecule has 2 heterocycles. The summed E-state index contributed by atoms with van der Waals surface area (Å²) in [6.45, 7) is 2.34. The van der Waals surface area contributed by atoms with Crippen LogP contribution in [0.3, 0.4) is 0 Å². The summed E-state index contributed by atoms with van der Waals surface area (Å²) in [6, 6.07) is 9.08. The molecule has 1 aromatic carbocycles.